The number of halogens is 4. The molecule has 0 aliphatic heterocycles. The Labute approximate surface area is 126 Å². The summed E-state index contributed by atoms with van der Waals surface area (Å²) in [7, 11) is 1.46. The molecule has 0 saturated carbocycles. The van der Waals surface area contributed by atoms with Crippen LogP contribution in [0.15, 0.2) is 40.9 Å². The predicted molar refractivity (Wildman–Crippen MR) is 71.7 cm³/mol. The highest BCUT2D eigenvalue weighted by Gasteiger charge is 2.32. The van der Waals surface area contributed by atoms with E-state index in [1.54, 1.807) is 18.2 Å². The number of nitrogens with zero attached hydrogens (tertiary/aromatic N) is 1. The van der Waals surface area contributed by atoms with E-state index in [1.807, 2.05) is 0 Å². The Morgan fingerprint density at radius 3 is 2.43 bits per heavy atom. The lowest BCUT2D eigenvalue weighted by Gasteiger charge is -2.12. The van der Waals surface area contributed by atoms with Crippen LogP contribution in [0.25, 0.3) is 0 Å². The second kappa shape index (κ2) is 6.21. The lowest BCUT2D eigenvalue weighted by molar-refractivity contribution is -0.274. The highest BCUT2D eigenvalue weighted by molar-refractivity contribution is 9.10. The molecule has 2 aromatic rings. The van der Waals surface area contributed by atoms with Gasteiger partial charge in [0.1, 0.15) is 11.5 Å². The summed E-state index contributed by atoms with van der Waals surface area (Å²) in [6, 6.07) is 8.75. The molecule has 0 bridgehead atoms. The minimum Gasteiger partial charge on any atom is -0.481 e. The maximum atomic E-state index is 12.2. The van der Waals surface area contributed by atoms with Crippen LogP contribution in [0.5, 0.6) is 23.3 Å². The molecule has 0 amide bonds. The second-order valence-corrected chi connectivity index (χ2v) is 4.61. The molecule has 8 heteroatoms. The first-order valence-electron chi connectivity index (χ1n) is 5.61. The van der Waals surface area contributed by atoms with Gasteiger partial charge in [-0.15, -0.1) is 13.2 Å². The normalized spacial score (nSPS) is 11.1. The van der Waals surface area contributed by atoms with Crippen LogP contribution in [0.4, 0.5) is 13.2 Å². The van der Waals surface area contributed by atoms with E-state index in [2.05, 4.69) is 25.7 Å². The van der Waals surface area contributed by atoms with Crippen LogP contribution in [0.2, 0.25) is 0 Å². The van der Waals surface area contributed by atoms with E-state index in [0.29, 0.717) is 11.6 Å². The van der Waals surface area contributed by atoms with Gasteiger partial charge in [0.05, 0.1) is 11.6 Å². The third-order valence-electron chi connectivity index (χ3n) is 2.26. The Bertz CT molecular complexity index is 634. The number of hydrogen-bond donors (Lipinski definition) is 0. The summed E-state index contributed by atoms with van der Waals surface area (Å²) in [5.74, 6) is 0.569. The molecule has 0 fully saturated rings. The molecule has 21 heavy (non-hydrogen) atoms. The molecule has 1 heterocycles. The maximum absolute atomic E-state index is 12.2. The van der Waals surface area contributed by atoms with E-state index in [4.69, 9.17) is 9.47 Å². The standard InChI is InChI=1S/C13H9BrF3NO3/c1-19-11-3-2-4-12(18-11)20-8-5-6-10(9(14)7-8)21-13(15,16)17/h2-7H,1H3. The van der Waals surface area contributed by atoms with Crippen molar-refractivity contribution in [2.24, 2.45) is 0 Å². The van der Waals surface area contributed by atoms with Crippen molar-refractivity contribution in [3.63, 3.8) is 0 Å². The third kappa shape index (κ3) is 4.52. The van der Waals surface area contributed by atoms with Crippen molar-refractivity contribution in [3.05, 3.63) is 40.9 Å². The van der Waals surface area contributed by atoms with Gasteiger partial charge < -0.3 is 14.2 Å². The van der Waals surface area contributed by atoms with Crippen LogP contribution in [-0.2, 0) is 0 Å². The molecule has 0 saturated heterocycles. The lowest BCUT2D eigenvalue weighted by atomic mass is 10.3. The predicted octanol–water partition coefficient (Wildman–Crippen LogP) is 4.54. The first-order chi connectivity index (χ1) is 9.87. The summed E-state index contributed by atoms with van der Waals surface area (Å²) in [5, 5.41) is 0. The Morgan fingerprint density at radius 2 is 1.81 bits per heavy atom. The van der Waals surface area contributed by atoms with Gasteiger partial charge in [-0.1, -0.05) is 6.07 Å². The quantitative estimate of drug-likeness (QED) is 0.799. The summed E-state index contributed by atoms with van der Waals surface area (Å²) in [5.41, 5.74) is 0. The van der Waals surface area contributed by atoms with E-state index in [0.717, 1.165) is 6.07 Å². The summed E-state index contributed by atoms with van der Waals surface area (Å²) >= 11 is 2.99. The van der Waals surface area contributed by atoms with Crippen LogP contribution in [0.3, 0.4) is 0 Å². The molecule has 1 aromatic carbocycles. The summed E-state index contributed by atoms with van der Waals surface area (Å²) in [6.07, 6.45) is -4.75. The smallest absolute Gasteiger partial charge is 0.481 e. The Hall–Kier alpha value is -1.96. The SMILES string of the molecule is COc1cccc(Oc2ccc(OC(F)(F)F)c(Br)c2)n1. The Kier molecular flexibility index (Phi) is 4.56. The fourth-order valence-corrected chi connectivity index (χ4v) is 1.88. The van der Waals surface area contributed by atoms with Gasteiger partial charge in [0, 0.05) is 12.1 Å². The molecule has 4 nitrogen and oxygen atoms in total. The van der Waals surface area contributed by atoms with Crippen LogP contribution >= 0.6 is 15.9 Å². The first kappa shape index (κ1) is 15.4. The van der Waals surface area contributed by atoms with Crippen LogP contribution < -0.4 is 14.2 Å². The molecule has 0 aliphatic carbocycles. The zero-order valence-corrected chi connectivity index (χ0v) is 12.2. The van der Waals surface area contributed by atoms with Gasteiger partial charge in [-0.3, -0.25) is 0 Å². The first-order valence-corrected chi connectivity index (χ1v) is 6.41. The fraction of sp³-hybridized carbons (Fsp3) is 0.154. The second-order valence-electron chi connectivity index (χ2n) is 3.76. The van der Waals surface area contributed by atoms with Crippen molar-refractivity contribution in [2.45, 2.75) is 6.36 Å². The van der Waals surface area contributed by atoms with Gasteiger partial charge >= 0.3 is 6.36 Å². The number of alkyl halides is 3. The summed E-state index contributed by atoms with van der Waals surface area (Å²) in [6.45, 7) is 0. The molecule has 2 rings (SSSR count). The number of aromatic nitrogens is 1. The zero-order chi connectivity index (χ0) is 15.5. The van der Waals surface area contributed by atoms with E-state index in [1.165, 1.54) is 19.2 Å². The molecular weight excluding hydrogens is 355 g/mol. The van der Waals surface area contributed by atoms with Crippen molar-refractivity contribution in [2.75, 3.05) is 7.11 Å². The van der Waals surface area contributed by atoms with Gasteiger partial charge in [-0.25, -0.2) is 0 Å². The van der Waals surface area contributed by atoms with Gasteiger partial charge in [0.25, 0.3) is 0 Å². The molecule has 0 aliphatic rings. The van der Waals surface area contributed by atoms with Crippen LogP contribution in [0.1, 0.15) is 0 Å². The van der Waals surface area contributed by atoms with Crippen molar-refractivity contribution in [1.29, 1.82) is 0 Å². The largest absolute Gasteiger partial charge is 0.573 e. The van der Waals surface area contributed by atoms with E-state index in [9.17, 15) is 13.2 Å². The van der Waals surface area contributed by atoms with Crippen LogP contribution in [-0.4, -0.2) is 18.5 Å². The topological polar surface area (TPSA) is 40.6 Å². The molecule has 0 radical (unpaired) electrons. The van der Waals surface area contributed by atoms with Crippen molar-refractivity contribution in [1.82, 2.24) is 4.98 Å². The van der Waals surface area contributed by atoms with Gasteiger partial charge in [-0.2, -0.15) is 4.98 Å². The molecule has 112 valence electrons. The molecule has 0 N–H and O–H groups in total. The minimum atomic E-state index is -4.75. The summed E-state index contributed by atoms with van der Waals surface area (Å²) < 4.78 is 50.8. The number of pyridine rings is 1. The van der Waals surface area contributed by atoms with E-state index >= 15 is 0 Å². The zero-order valence-electron chi connectivity index (χ0n) is 10.6. The van der Waals surface area contributed by atoms with Gasteiger partial charge in [0.15, 0.2) is 0 Å². The van der Waals surface area contributed by atoms with Gasteiger partial charge in [-0.05, 0) is 34.1 Å². The van der Waals surface area contributed by atoms with Crippen molar-refractivity contribution >= 4 is 15.9 Å². The maximum Gasteiger partial charge on any atom is 0.573 e. The molecule has 1 aromatic heterocycles. The molecule has 0 atom stereocenters. The average molecular weight is 364 g/mol. The van der Waals surface area contributed by atoms with E-state index < -0.39 is 6.36 Å². The van der Waals surface area contributed by atoms with Crippen LogP contribution in [0, 0.1) is 0 Å². The molecule has 0 unspecified atom stereocenters. The molecular formula is C13H9BrF3NO3. The highest BCUT2D eigenvalue weighted by Crippen LogP contribution is 2.34. The Morgan fingerprint density at radius 1 is 1.10 bits per heavy atom. The third-order valence-corrected chi connectivity index (χ3v) is 2.88. The minimum absolute atomic E-state index is 0.111. The number of ether oxygens (including phenoxy) is 3. The average Bonchev–Trinajstić information content (AvgIpc) is 2.41. The van der Waals surface area contributed by atoms with Gasteiger partial charge in [0.2, 0.25) is 11.8 Å². The number of hydrogen-bond acceptors (Lipinski definition) is 4. The fourth-order valence-electron chi connectivity index (χ4n) is 1.44. The molecule has 0 spiro atoms. The number of benzene rings is 1. The number of methoxy groups -OCH3 is 1. The monoisotopic (exact) mass is 363 g/mol. The van der Waals surface area contributed by atoms with Crippen molar-refractivity contribution in [3.8, 4) is 23.3 Å². The lowest BCUT2D eigenvalue weighted by Crippen LogP contribution is -2.17. The number of rotatable bonds is 4. The van der Waals surface area contributed by atoms with E-state index in [-0.39, 0.29) is 16.1 Å². The highest BCUT2D eigenvalue weighted by atomic mass is 79.9. The summed E-state index contributed by atoms with van der Waals surface area (Å²) in [4.78, 5) is 4.03. The Balaban J connectivity index is 2.16. The van der Waals surface area contributed by atoms with Crippen molar-refractivity contribution < 1.29 is 27.4 Å².